The fraction of sp³-hybridized carbons (Fsp3) is 0.333. The van der Waals surface area contributed by atoms with Gasteiger partial charge < -0.3 is 16.0 Å². The van der Waals surface area contributed by atoms with E-state index in [1.807, 2.05) is 6.07 Å². The number of hydrogen-bond donors (Lipinski definition) is 2. The maximum atomic E-state index is 12.8. The molecule has 0 amide bonds. The fourth-order valence-corrected chi connectivity index (χ4v) is 4.43. The van der Waals surface area contributed by atoms with Crippen molar-refractivity contribution in [2.75, 3.05) is 37.6 Å². The van der Waals surface area contributed by atoms with E-state index in [1.54, 1.807) is 11.3 Å². The second kappa shape index (κ2) is 9.54. The monoisotopic (exact) mass is 446 g/mol. The predicted octanol–water partition coefficient (Wildman–Crippen LogP) is 2.34. The van der Waals surface area contributed by atoms with Crippen molar-refractivity contribution in [3.8, 4) is 11.1 Å². The topological polar surface area (TPSA) is 81.1 Å². The van der Waals surface area contributed by atoms with Crippen LogP contribution in [0.4, 0.5) is 14.5 Å². The number of halogens is 2. The number of nitrogens with one attached hydrogen (secondary N) is 1. The SMILES string of the molecule is NCC(Cn1ncn(Cc2cc(-c3ccc(N4CCNCC4)cc3)cs2)c1=O)=C(F)F. The summed E-state index contributed by atoms with van der Waals surface area (Å²) in [5.41, 5.74) is 7.99. The molecule has 1 aromatic carbocycles. The molecule has 0 atom stereocenters. The lowest BCUT2D eigenvalue weighted by molar-refractivity contribution is 0.400. The second-order valence-electron chi connectivity index (χ2n) is 7.35. The van der Waals surface area contributed by atoms with Crippen LogP contribution >= 0.6 is 11.3 Å². The average molecular weight is 447 g/mol. The van der Waals surface area contributed by atoms with Crippen molar-refractivity contribution in [2.45, 2.75) is 13.1 Å². The van der Waals surface area contributed by atoms with Crippen molar-refractivity contribution in [2.24, 2.45) is 5.73 Å². The Hall–Kier alpha value is -2.82. The zero-order chi connectivity index (χ0) is 21.8. The van der Waals surface area contributed by atoms with Crippen LogP contribution in [-0.4, -0.2) is 47.1 Å². The van der Waals surface area contributed by atoms with E-state index in [2.05, 4.69) is 45.0 Å². The molecule has 31 heavy (non-hydrogen) atoms. The van der Waals surface area contributed by atoms with Crippen LogP contribution in [0.25, 0.3) is 11.1 Å². The first-order valence-corrected chi connectivity index (χ1v) is 10.9. The lowest BCUT2D eigenvalue weighted by Crippen LogP contribution is -2.43. The molecule has 2 aromatic heterocycles. The molecule has 3 aromatic rings. The van der Waals surface area contributed by atoms with Gasteiger partial charge in [-0.25, -0.2) is 9.48 Å². The number of nitrogens with two attached hydrogens (primary N) is 1. The Balaban J connectivity index is 1.45. The predicted molar refractivity (Wildman–Crippen MR) is 119 cm³/mol. The second-order valence-corrected chi connectivity index (χ2v) is 8.35. The van der Waals surface area contributed by atoms with Crippen LogP contribution in [0.1, 0.15) is 4.88 Å². The Bertz CT molecular complexity index is 1110. The number of hydrogen-bond acceptors (Lipinski definition) is 6. The molecule has 164 valence electrons. The van der Waals surface area contributed by atoms with E-state index >= 15 is 0 Å². The lowest BCUT2D eigenvalue weighted by atomic mass is 10.1. The summed E-state index contributed by atoms with van der Waals surface area (Å²) < 4.78 is 28.0. The van der Waals surface area contributed by atoms with Gasteiger partial charge in [-0.15, -0.1) is 11.3 Å². The molecule has 3 N–H and O–H groups in total. The third-order valence-electron chi connectivity index (χ3n) is 5.31. The van der Waals surface area contributed by atoms with E-state index < -0.39 is 11.8 Å². The zero-order valence-corrected chi connectivity index (χ0v) is 17.7. The summed E-state index contributed by atoms with van der Waals surface area (Å²) in [6.07, 6.45) is -0.497. The molecule has 1 saturated heterocycles. The molecule has 0 radical (unpaired) electrons. The van der Waals surface area contributed by atoms with E-state index in [0.717, 1.165) is 46.9 Å². The Kier molecular flexibility index (Phi) is 6.59. The Morgan fingerprint density at radius 3 is 2.58 bits per heavy atom. The highest BCUT2D eigenvalue weighted by molar-refractivity contribution is 7.10. The number of nitrogens with zero attached hydrogens (tertiary/aromatic N) is 4. The van der Waals surface area contributed by atoms with Gasteiger partial charge in [0.25, 0.3) is 6.08 Å². The molecule has 10 heteroatoms. The molecule has 0 saturated carbocycles. The molecule has 7 nitrogen and oxygen atoms in total. The molecule has 1 fully saturated rings. The zero-order valence-electron chi connectivity index (χ0n) is 16.9. The van der Waals surface area contributed by atoms with Gasteiger partial charge in [0.1, 0.15) is 6.33 Å². The van der Waals surface area contributed by atoms with Crippen molar-refractivity contribution in [3.63, 3.8) is 0 Å². The molecule has 1 aliphatic heterocycles. The molecule has 0 spiro atoms. The van der Waals surface area contributed by atoms with Gasteiger partial charge in [-0.05, 0) is 34.7 Å². The van der Waals surface area contributed by atoms with E-state index in [-0.39, 0.29) is 18.7 Å². The highest BCUT2D eigenvalue weighted by Gasteiger charge is 2.13. The Morgan fingerprint density at radius 1 is 1.16 bits per heavy atom. The first-order chi connectivity index (χ1) is 15.0. The minimum Gasteiger partial charge on any atom is -0.369 e. The number of benzene rings is 1. The third kappa shape index (κ3) is 4.92. The fourth-order valence-electron chi connectivity index (χ4n) is 3.54. The van der Waals surface area contributed by atoms with Crippen LogP contribution in [0.15, 0.2) is 58.5 Å². The minimum absolute atomic E-state index is 0.296. The van der Waals surface area contributed by atoms with Gasteiger partial charge in [0.05, 0.1) is 13.1 Å². The molecule has 1 aliphatic rings. The van der Waals surface area contributed by atoms with E-state index in [9.17, 15) is 13.6 Å². The van der Waals surface area contributed by atoms with Gasteiger partial charge in [-0.1, -0.05) is 12.1 Å². The van der Waals surface area contributed by atoms with Crippen LogP contribution in [-0.2, 0) is 13.1 Å². The molecule has 0 unspecified atom stereocenters. The number of thiophene rings is 1. The van der Waals surface area contributed by atoms with E-state index in [4.69, 9.17) is 5.73 Å². The summed E-state index contributed by atoms with van der Waals surface area (Å²) in [5, 5.41) is 9.35. The molecular formula is C21H24F2N6OS. The summed E-state index contributed by atoms with van der Waals surface area (Å²) in [6.45, 7) is 3.72. The van der Waals surface area contributed by atoms with Crippen LogP contribution in [0.2, 0.25) is 0 Å². The third-order valence-corrected chi connectivity index (χ3v) is 6.24. The molecular weight excluding hydrogens is 422 g/mol. The van der Waals surface area contributed by atoms with Crippen LogP contribution in [0, 0.1) is 0 Å². The quantitative estimate of drug-likeness (QED) is 0.582. The average Bonchev–Trinajstić information content (AvgIpc) is 3.40. The lowest BCUT2D eigenvalue weighted by Gasteiger charge is -2.29. The summed E-state index contributed by atoms with van der Waals surface area (Å²) in [6, 6.07) is 10.5. The first kappa shape index (κ1) is 21.4. The van der Waals surface area contributed by atoms with Crippen molar-refractivity contribution in [3.05, 3.63) is 69.1 Å². The summed E-state index contributed by atoms with van der Waals surface area (Å²) in [5.74, 6) is 0. The number of anilines is 1. The highest BCUT2D eigenvalue weighted by atomic mass is 32.1. The largest absolute Gasteiger partial charge is 0.369 e. The van der Waals surface area contributed by atoms with Gasteiger partial charge in [0.2, 0.25) is 0 Å². The summed E-state index contributed by atoms with van der Waals surface area (Å²) >= 11 is 1.55. The van der Waals surface area contributed by atoms with Crippen LogP contribution in [0.3, 0.4) is 0 Å². The smallest absolute Gasteiger partial charge is 0.346 e. The molecule has 0 bridgehead atoms. The van der Waals surface area contributed by atoms with Gasteiger partial charge in [-0.3, -0.25) is 4.57 Å². The Labute approximate surface area is 182 Å². The van der Waals surface area contributed by atoms with Crippen molar-refractivity contribution >= 4 is 17.0 Å². The van der Waals surface area contributed by atoms with Crippen molar-refractivity contribution < 1.29 is 8.78 Å². The van der Waals surface area contributed by atoms with Gasteiger partial charge in [0.15, 0.2) is 0 Å². The minimum atomic E-state index is -1.87. The number of rotatable bonds is 7. The number of aromatic nitrogens is 3. The standard InChI is InChI=1S/C21H24F2N6OS/c22-20(23)17(10-24)11-29-21(30)28(14-26-29)12-19-9-16(13-31-19)15-1-3-18(4-2-15)27-7-5-25-6-8-27/h1-4,9,13-14,25H,5-8,10-12,24H2. The van der Waals surface area contributed by atoms with Crippen LogP contribution < -0.4 is 21.6 Å². The van der Waals surface area contributed by atoms with Crippen molar-refractivity contribution in [1.82, 2.24) is 19.7 Å². The maximum absolute atomic E-state index is 12.8. The summed E-state index contributed by atoms with van der Waals surface area (Å²) in [4.78, 5) is 15.8. The molecule has 3 heterocycles. The summed E-state index contributed by atoms with van der Waals surface area (Å²) in [7, 11) is 0. The maximum Gasteiger partial charge on any atom is 0.346 e. The van der Waals surface area contributed by atoms with E-state index in [0.29, 0.717) is 6.54 Å². The normalized spacial score (nSPS) is 14.1. The van der Waals surface area contributed by atoms with E-state index in [1.165, 1.54) is 16.6 Å². The Morgan fingerprint density at radius 2 is 1.90 bits per heavy atom. The van der Waals surface area contributed by atoms with Gasteiger partial charge in [-0.2, -0.15) is 13.9 Å². The first-order valence-electron chi connectivity index (χ1n) is 10.0. The van der Waals surface area contributed by atoms with Gasteiger partial charge >= 0.3 is 5.69 Å². The molecule has 4 rings (SSSR count). The number of piperazine rings is 1. The highest BCUT2D eigenvalue weighted by Crippen LogP contribution is 2.28. The van der Waals surface area contributed by atoms with Gasteiger partial charge in [0, 0.05) is 48.9 Å². The van der Waals surface area contributed by atoms with Crippen LogP contribution in [0.5, 0.6) is 0 Å². The van der Waals surface area contributed by atoms with Crippen molar-refractivity contribution in [1.29, 1.82) is 0 Å². The molecule has 0 aliphatic carbocycles.